The van der Waals surface area contributed by atoms with Gasteiger partial charge >= 0.3 is 5.97 Å². The summed E-state index contributed by atoms with van der Waals surface area (Å²) < 4.78 is 27.9. The van der Waals surface area contributed by atoms with Crippen LogP contribution >= 0.6 is 10.7 Å². The number of benzene rings is 1. The van der Waals surface area contributed by atoms with Gasteiger partial charge in [-0.15, -0.1) is 0 Å². The van der Waals surface area contributed by atoms with E-state index in [1.165, 1.54) is 25.0 Å². The van der Waals surface area contributed by atoms with E-state index in [1.54, 1.807) is 13.0 Å². The zero-order chi connectivity index (χ0) is 14.8. The Kier molecular flexibility index (Phi) is 4.70. The van der Waals surface area contributed by atoms with Gasteiger partial charge in [0.2, 0.25) is 0 Å². The lowest BCUT2D eigenvalue weighted by molar-refractivity contribution is 0.0442. The Morgan fingerprint density at radius 2 is 1.95 bits per heavy atom. The Bertz CT molecular complexity index is 604. The zero-order valence-corrected chi connectivity index (χ0v) is 12.8. The molecule has 0 spiro atoms. The molecule has 0 amide bonds. The minimum absolute atomic E-state index is 0.0769. The summed E-state index contributed by atoms with van der Waals surface area (Å²) >= 11 is 0. The number of aryl methyl sites for hydroxylation is 1. The van der Waals surface area contributed by atoms with Crippen LogP contribution in [-0.4, -0.2) is 21.0 Å². The lowest BCUT2D eigenvalue weighted by Gasteiger charge is -2.11. The van der Waals surface area contributed by atoms with Gasteiger partial charge in [-0.05, 0) is 49.4 Å². The van der Waals surface area contributed by atoms with Crippen molar-refractivity contribution in [2.75, 3.05) is 6.61 Å². The molecule has 20 heavy (non-hydrogen) atoms. The van der Waals surface area contributed by atoms with Gasteiger partial charge in [0, 0.05) is 10.7 Å². The number of esters is 1. The van der Waals surface area contributed by atoms with E-state index in [4.69, 9.17) is 15.4 Å². The van der Waals surface area contributed by atoms with E-state index in [9.17, 15) is 13.2 Å². The third kappa shape index (κ3) is 3.96. The van der Waals surface area contributed by atoms with Gasteiger partial charge in [0.25, 0.3) is 9.05 Å². The summed E-state index contributed by atoms with van der Waals surface area (Å²) in [6, 6.07) is 4.28. The van der Waals surface area contributed by atoms with Gasteiger partial charge in [0.05, 0.1) is 17.1 Å². The molecule has 1 aliphatic rings. The fourth-order valence-corrected chi connectivity index (χ4v) is 3.32. The lowest BCUT2D eigenvalue weighted by atomic mass is 10.1. The standard InChI is InChI=1S/C14H17ClO4S/c1-10-6-12(8-13(7-10)20(15,17)18)14(16)19-9-11-4-2-3-5-11/h6-8,11H,2-5,9H2,1H3. The molecule has 1 aliphatic carbocycles. The Hall–Kier alpha value is -1.07. The van der Waals surface area contributed by atoms with Crippen molar-refractivity contribution in [3.63, 3.8) is 0 Å². The number of halogens is 1. The van der Waals surface area contributed by atoms with E-state index < -0.39 is 15.0 Å². The fourth-order valence-electron chi connectivity index (χ4n) is 2.46. The minimum atomic E-state index is -3.85. The Morgan fingerprint density at radius 3 is 2.55 bits per heavy atom. The number of hydrogen-bond acceptors (Lipinski definition) is 4. The summed E-state index contributed by atoms with van der Waals surface area (Å²) in [6.45, 7) is 2.11. The van der Waals surface area contributed by atoms with Gasteiger partial charge in [-0.25, -0.2) is 13.2 Å². The van der Waals surface area contributed by atoms with E-state index in [2.05, 4.69) is 0 Å². The summed E-state index contributed by atoms with van der Waals surface area (Å²) in [5.74, 6) is -0.0674. The van der Waals surface area contributed by atoms with Crippen LogP contribution in [0.5, 0.6) is 0 Å². The number of rotatable bonds is 4. The maximum Gasteiger partial charge on any atom is 0.338 e. The molecule has 4 nitrogen and oxygen atoms in total. The third-order valence-corrected chi connectivity index (χ3v) is 4.83. The highest BCUT2D eigenvalue weighted by molar-refractivity contribution is 8.13. The molecule has 0 unspecified atom stereocenters. The molecule has 0 radical (unpaired) electrons. The topological polar surface area (TPSA) is 60.4 Å². The van der Waals surface area contributed by atoms with Crippen LogP contribution < -0.4 is 0 Å². The molecule has 0 heterocycles. The molecule has 1 aromatic carbocycles. The largest absolute Gasteiger partial charge is 0.462 e. The molecule has 1 saturated carbocycles. The first-order chi connectivity index (χ1) is 9.36. The van der Waals surface area contributed by atoms with Crippen LogP contribution in [0.15, 0.2) is 23.1 Å². The number of hydrogen-bond donors (Lipinski definition) is 0. The lowest BCUT2D eigenvalue weighted by Crippen LogP contribution is -2.12. The van der Waals surface area contributed by atoms with Crippen molar-refractivity contribution >= 4 is 25.7 Å². The van der Waals surface area contributed by atoms with Crippen molar-refractivity contribution in [3.8, 4) is 0 Å². The molecule has 1 aromatic rings. The molecule has 110 valence electrons. The predicted molar refractivity (Wildman–Crippen MR) is 76.5 cm³/mol. The predicted octanol–water partition coefficient (Wildman–Crippen LogP) is 3.27. The van der Waals surface area contributed by atoms with Gasteiger partial charge in [0.1, 0.15) is 0 Å². The molecule has 0 saturated heterocycles. The van der Waals surface area contributed by atoms with Crippen LogP contribution in [0.4, 0.5) is 0 Å². The fraction of sp³-hybridized carbons (Fsp3) is 0.500. The van der Waals surface area contributed by atoms with Crippen molar-refractivity contribution in [3.05, 3.63) is 29.3 Å². The molecule has 1 fully saturated rings. The van der Waals surface area contributed by atoms with E-state index in [-0.39, 0.29) is 10.5 Å². The van der Waals surface area contributed by atoms with E-state index in [1.807, 2.05) is 0 Å². The Labute approximate surface area is 123 Å². The van der Waals surface area contributed by atoms with Crippen LogP contribution in [-0.2, 0) is 13.8 Å². The van der Waals surface area contributed by atoms with Gasteiger partial charge in [-0.2, -0.15) is 0 Å². The molecular weight excluding hydrogens is 300 g/mol. The number of carbonyl (C=O) groups is 1. The molecule has 0 N–H and O–H groups in total. The highest BCUT2D eigenvalue weighted by Gasteiger charge is 2.19. The second kappa shape index (κ2) is 6.14. The molecule has 0 atom stereocenters. The van der Waals surface area contributed by atoms with Crippen molar-refractivity contribution in [2.24, 2.45) is 5.92 Å². The molecule has 0 aliphatic heterocycles. The van der Waals surface area contributed by atoms with Crippen LogP contribution in [0.3, 0.4) is 0 Å². The first-order valence-electron chi connectivity index (χ1n) is 6.60. The SMILES string of the molecule is Cc1cc(C(=O)OCC2CCCC2)cc(S(=O)(=O)Cl)c1. The molecule has 0 bridgehead atoms. The zero-order valence-electron chi connectivity index (χ0n) is 11.3. The summed E-state index contributed by atoms with van der Waals surface area (Å²) in [6.07, 6.45) is 4.54. The smallest absolute Gasteiger partial charge is 0.338 e. The van der Waals surface area contributed by atoms with Crippen molar-refractivity contribution < 1.29 is 17.9 Å². The maximum absolute atomic E-state index is 12.0. The van der Waals surface area contributed by atoms with Gasteiger partial charge in [-0.3, -0.25) is 0 Å². The van der Waals surface area contributed by atoms with Gasteiger partial charge < -0.3 is 4.74 Å². The molecule has 2 rings (SSSR count). The quantitative estimate of drug-likeness (QED) is 0.632. The summed E-state index contributed by atoms with van der Waals surface area (Å²) in [4.78, 5) is 11.9. The van der Waals surface area contributed by atoms with Crippen molar-refractivity contribution in [1.29, 1.82) is 0 Å². The van der Waals surface area contributed by atoms with Crippen molar-refractivity contribution in [2.45, 2.75) is 37.5 Å². The third-order valence-electron chi connectivity index (χ3n) is 3.49. The minimum Gasteiger partial charge on any atom is -0.462 e. The highest BCUT2D eigenvalue weighted by Crippen LogP contribution is 2.25. The molecule has 0 aromatic heterocycles. The second-order valence-corrected chi connectivity index (χ2v) is 7.79. The van der Waals surface area contributed by atoms with E-state index >= 15 is 0 Å². The molecular formula is C14H17ClO4S. The Morgan fingerprint density at radius 1 is 1.30 bits per heavy atom. The Balaban J connectivity index is 2.11. The first kappa shape index (κ1) is 15.3. The average molecular weight is 317 g/mol. The normalized spacial score (nSPS) is 16.3. The van der Waals surface area contributed by atoms with Gasteiger partial charge in [-0.1, -0.05) is 12.8 Å². The van der Waals surface area contributed by atoms with Crippen LogP contribution in [0.2, 0.25) is 0 Å². The van der Waals surface area contributed by atoms with Gasteiger partial charge in [0.15, 0.2) is 0 Å². The number of ether oxygens (including phenoxy) is 1. The van der Waals surface area contributed by atoms with Crippen LogP contribution in [0.25, 0.3) is 0 Å². The summed E-state index contributed by atoms with van der Waals surface area (Å²) in [7, 11) is 1.46. The van der Waals surface area contributed by atoms with E-state index in [0.717, 1.165) is 12.8 Å². The summed E-state index contributed by atoms with van der Waals surface area (Å²) in [5.41, 5.74) is 0.877. The first-order valence-corrected chi connectivity index (χ1v) is 8.90. The van der Waals surface area contributed by atoms with Crippen LogP contribution in [0.1, 0.15) is 41.6 Å². The number of carbonyl (C=O) groups excluding carboxylic acids is 1. The van der Waals surface area contributed by atoms with Crippen molar-refractivity contribution in [1.82, 2.24) is 0 Å². The molecule has 6 heteroatoms. The maximum atomic E-state index is 12.0. The average Bonchev–Trinajstić information content (AvgIpc) is 2.87. The van der Waals surface area contributed by atoms with Crippen LogP contribution in [0, 0.1) is 12.8 Å². The monoisotopic (exact) mass is 316 g/mol. The van der Waals surface area contributed by atoms with E-state index in [0.29, 0.717) is 18.1 Å². The summed E-state index contributed by atoms with van der Waals surface area (Å²) in [5, 5.41) is 0. The second-order valence-electron chi connectivity index (χ2n) is 5.22. The highest BCUT2D eigenvalue weighted by atomic mass is 35.7.